The molecule has 1 aromatic rings. The number of nitrogens with zero attached hydrogens (tertiary/aromatic N) is 2. The monoisotopic (exact) mass is 432 g/mol. The highest BCUT2D eigenvalue weighted by Gasteiger charge is 2.42. The predicted octanol–water partition coefficient (Wildman–Crippen LogP) is 1.67. The highest BCUT2D eigenvalue weighted by Crippen LogP contribution is 2.27. The molecule has 0 amide bonds. The van der Waals surface area contributed by atoms with Crippen molar-refractivity contribution >= 4 is 21.7 Å². The van der Waals surface area contributed by atoms with Crippen LogP contribution < -0.4 is 0 Å². The molecule has 9 nitrogen and oxygen atoms in total. The van der Waals surface area contributed by atoms with Gasteiger partial charge in [-0.25, -0.2) is 17.2 Å². The van der Waals surface area contributed by atoms with Crippen molar-refractivity contribution in [2.45, 2.75) is 23.3 Å². The molecular weight excluding hydrogens is 416 g/mol. The van der Waals surface area contributed by atoms with Gasteiger partial charge in [-0.05, 0) is 6.07 Å². The van der Waals surface area contributed by atoms with E-state index in [-0.39, 0.29) is 0 Å². The quantitative estimate of drug-likeness (QED) is 0.239. The Morgan fingerprint density at radius 3 is 2.39 bits per heavy atom. The summed E-state index contributed by atoms with van der Waals surface area (Å²) in [6.45, 7) is -2.83. The number of likely N-dealkylation sites (N-methyl/N-ethyl adjacent to an activating group) is 1. The van der Waals surface area contributed by atoms with Crippen LogP contribution >= 0.6 is 0 Å². The standard InChI is InChI=1S/C14H16F4N2O7S/c1-19(28(24,25)11-6-4-3-5-9(11)20(22)23)10(12(21)26-2)7-27-8-14(17,18)13(15)16/h3-6,10,13H,7-8H2,1-2H3. The molecule has 1 atom stereocenters. The van der Waals surface area contributed by atoms with E-state index in [1.165, 1.54) is 12.1 Å². The summed E-state index contributed by atoms with van der Waals surface area (Å²) >= 11 is 0. The first-order valence-electron chi connectivity index (χ1n) is 7.39. The van der Waals surface area contributed by atoms with Crippen LogP contribution in [0, 0.1) is 10.1 Å². The van der Waals surface area contributed by atoms with E-state index in [4.69, 9.17) is 0 Å². The molecule has 0 radical (unpaired) electrons. The maximum Gasteiger partial charge on any atom is 0.330 e. The third-order valence-corrected chi connectivity index (χ3v) is 5.43. The van der Waals surface area contributed by atoms with Crippen molar-refractivity contribution in [1.82, 2.24) is 4.31 Å². The zero-order valence-corrected chi connectivity index (χ0v) is 15.4. The number of esters is 1. The SMILES string of the molecule is COC(=O)C(COCC(F)(F)C(F)F)N(C)S(=O)(=O)c1ccccc1[N+](=O)[O-]. The molecule has 0 aliphatic rings. The molecule has 14 heteroatoms. The molecule has 0 fully saturated rings. The molecule has 1 aromatic carbocycles. The fourth-order valence-corrected chi connectivity index (χ4v) is 3.43. The fourth-order valence-electron chi connectivity index (χ4n) is 1.98. The number of para-hydroxylation sites is 1. The largest absolute Gasteiger partial charge is 0.468 e. The first kappa shape index (κ1) is 23.7. The van der Waals surface area contributed by atoms with Gasteiger partial charge in [0.1, 0.15) is 12.6 Å². The lowest BCUT2D eigenvalue weighted by Crippen LogP contribution is -2.47. The van der Waals surface area contributed by atoms with Crippen molar-refractivity contribution in [3.63, 3.8) is 0 Å². The van der Waals surface area contributed by atoms with Gasteiger partial charge in [0.25, 0.3) is 15.7 Å². The van der Waals surface area contributed by atoms with Crippen molar-refractivity contribution < 1.29 is 45.2 Å². The molecule has 0 N–H and O–H groups in total. The van der Waals surface area contributed by atoms with E-state index < -0.39 is 63.1 Å². The lowest BCUT2D eigenvalue weighted by molar-refractivity contribution is -0.387. The average Bonchev–Trinajstić information content (AvgIpc) is 2.63. The Morgan fingerprint density at radius 1 is 1.32 bits per heavy atom. The number of rotatable bonds is 10. The number of alkyl halides is 4. The topological polar surface area (TPSA) is 116 Å². The Balaban J connectivity index is 3.15. The zero-order valence-electron chi connectivity index (χ0n) is 14.6. The van der Waals surface area contributed by atoms with Crippen LogP contribution in [0.2, 0.25) is 0 Å². The van der Waals surface area contributed by atoms with Crippen LogP contribution in [-0.2, 0) is 24.3 Å². The molecule has 1 rings (SSSR count). The highest BCUT2D eigenvalue weighted by molar-refractivity contribution is 7.89. The van der Waals surface area contributed by atoms with Crippen LogP contribution in [0.25, 0.3) is 0 Å². The Hall–Kier alpha value is -2.32. The minimum absolute atomic E-state index is 0.321. The van der Waals surface area contributed by atoms with Gasteiger partial charge >= 0.3 is 18.3 Å². The molecule has 158 valence electrons. The highest BCUT2D eigenvalue weighted by atomic mass is 32.2. The van der Waals surface area contributed by atoms with Gasteiger partial charge in [0.2, 0.25) is 0 Å². The molecule has 0 saturated carbocycles. The summed E-state index contributed by atoms with van der Waals surface area (Å²) in [5.41, 5.74) is -0.789. The molecule has 1 unspecified atom stereocenters. The number of carbonyl (C=O) groups excluding carboxylic acids is 1. The predicted molar refractivity (Wildman–Crippen MR) is 85.6 cm³/mol. The smallest absolute Gasteiger partial charge is 0.330 e. The third-order valence-electron chi connectivity index (χ3n) is 3.52. The minimum atomic E-state index is -4.68. The summed E-state index contributed by atoms with van der Waals surface area (Å²) in [6.07, 6.45) is -4.03. The van der Waals surface area contributed by atoms with E-state index >= 15 is 0 Å². The van der Waals surface area contributed by atoms with Gasteiger partial charge in [-0.1, -0.05) is 12.1 Å². The van der Waals surface area contributed by atoms with Gasteiger partial charge in [0, 0.05) is 13.1 Å². The average molecular weight is 432 g/mol. The van der Waals surface area contributed by atoms with Crippen LogP contribution in [-0.4, -0.2) is 69.4 Å². The summed E-state index contributed by atoms with van der Waals surface area (Å²) in [7, 11) is -2.97. The molecule has 0 aliphatic heterocycles. The number of methoxy groups -OCH3 is 1. The Kier molecular flexibility index (Phi) is 7.84. The molecule has 0 saturated heterocycles. The van der Waals surface area contributed by atoms with E-state index in [9.17, 15) is 40.9 Å². The van der Waals surface area contributed by atoms with Gasteiger partial charge in [0.15, 0.2) is 4.90 Å². The van der Waals surface area contributed by atoms with Crippen molar-refractivity contribution in [3.05, 3.63) is 34.4 Å². The molecule has 0 heterocycles. The molecule has 0 bridgehead atoms. The number of hydrogen-bond acceptors (Lipinski definition) is 7. The van der Waals surface area contributed by atoms with Gasteiger partial charge in [0.05, 0.1) is 18.6 Å². The molecule has 0 aliphatic carbocycles. The number of halogens is 4. The van der Waals surface area contributed by atoms with Crippen LogP contribution in [0.4, 0.5) is 23.2 Å². The summed E-state index contributed by atoms with van der Waals surface area (Å²) in [5.74, 6) is -5.76. The minimum Gasteiger partial charge on any atom is -0.468 e. The van der Waals surface area contributed by atoms with E-state index in [0.717, 1.165) is 26.3 Å². The van der Waals surface area contributed by atoms with Gasteiger partial charge in [-0.3, -0.25) is 14.9 Å². The third kappa shape index (κ3) is 5.36. The summed E-state index contributed by atoms with van der Waals surface area (Å²) in [5, 5.41) is 11.0. The first-order valence-corrected chi connectivity index (χ1v) is 8.83. The van der Waals surface area contributed by atoms with Crippen LogP contribution in [0.5, 0.6) is 0 Å². The number of nitro groups is 1. The van der Waals surface area contributed by atoms with Gasteiger partial charge in [-0.2, -0.15) is 13.1 Å². The number of carbonyl (C=O) groups is 1. The maximum atomic E-state index is 12.9. The Morgan fingerprint density at radius 2 is 1.89 bits per heavy atom. The first-order chi connectivity index (χ1) is 12.9. The molecule has 0 aromatic heterocycles. The maximum absolute atomic E-state index is 12.9. The summed E-state index contributed by atoms with van der Waals surface area (Å²) in [4.78, 5) is 21.2. The summed E-state index contributed by atoms with van der Waals surface area (Å²) < 4.78 is 84.6. The van der Waals surface area contributed by atoms with Crippen LogP contribution in [0.3, 0.4) is 0 Å². The van der Waals surface area contributed by atoms with Crippen LogP contribution in [0.15, 0.2) is 29.2 Å². The van der Waals surface area contributed by atoms with Crippen LogP contribution in [0.1, 0.15) is 0 Å². The Labute approximate surface area is 157 Å². The van der Waals surface area contributed by atoms with Crippen molar-refractivity contribution in [3.8, 4) is 0 Å². The van der Waals surface area contributed by atoms with E-state index in [1.54, 1.807) is 0 Å². The van der Waals surface area contributed by atoms with Gasteiger partial charge < -0.3 is 9.47 Å². The molecule has 28 heavy (non-hydrogen) atoms. The number of hydrogen-bond donors (Lipinski definition) is 0. The van der Waals surface area contributed by atoms with E-state index in [2.05, 4.69) is 9.47 Å². The van der Waals surface area contributed by atoms with Crippen molar-refractivity contribution in [1.29, 1.82) is 0 Å². The lowest BCUT2D eigenvalue weighted by atomic mass is 10.3. The van der Waals surface area contributed by atoms with Gasteiger partial charge in [-0.15, -0.1) is 0 Å². The second-order valence-corrected chi connectivity index (χ2v) is 7.33. The molecular formula is C14H16F4N2O7S. The number of sulfonamides is 1. The lowest BCUT2D eigenvalue weighted by Gasteiger charge is -2.26. The zero-order chi connectivity index (χ0) is 21.7. The van der Waals surface area contributed by atoms with Crippen molar-refractivity contribution in [2.24, 2.45) is 0 Å². The molecule has 0 spiro atoms. The second-order valence-electron chi connectivity index (χ2n) is 5.36. The summed E-state index contributed by atoms with van der Waals surface area (Å²) in [6, 6.07) is 2.37. The fraction of sp³-hybridized carbons (Fsp3) is 0.500. The second kappa shape index (κ2) is 9.25. The van der Waals surface area contributed by atoms with E-state index in [1.807, 2.05) is 0 Å². The van der Waals surface area contributed by atoms with E-state index in [0.29, 0.717) is 4.31 Å². The number of nitro benzene ring substituents is 1. The van der Waals surface area contributed by atoms with Crippen molar-refractivity contribution in [2.75, 3.05) is 27.4 Å². The Bertz CT molecular complexity index is 820. The number of ether oxygens (including phenoxy) is 2. The normalized spacial score (nSPS) is 13.6. The number of benzene rings is 1.